The number of aryl methyl sites for hydroxylation is 1. The van der Waals surface area contributed by atoms with Gasteiger partial charge < -0.3 is 19.9 Å². The van der Waals surface area contributed by atoms with Crippen molar-refractivity contribution in [3.63, 3.8) is 0 Å². The largest absolute Gasteiger partial charge is 0.503 e. The maximum atomic E-state index is 10.0. The summed E-state index contributed by atoms with van der Waals surface area (Å²) in [6.45, 7) is 1.96. The van der Waals surface area contributed by atoms with E-state index in [2.05, 4.69) is 5.32 Å². The summed E-state index contributed by atoms with van der Waals surface area (Å²) in [7, 11) is 0. The van der Waals surface area contributed by atoms with Crippen LogP contribution in [-0.2, 0) is 6.42 Å². The summed E-state index contributed by atoms with van der Waals surface area (Å²) in [6, 6.07) is 1.97. The summed E-state index contributed by atoms with van der Waals surface area (Å²) in [4.78, 5) is 0. The molecule has 2 heterocycles. The molecule has 0 unspecified atom stereocenters. The van der Waals surface area contributed by atoms with E-state index < -0.39 is 0 Å². The summed E-state index contributed by atoms with van der Waals surface area (Å²) in [5.41, 5.74) is 1.92. The molecule has 3 rings (SSSR count). The second kappa shape index (κ2) is 3.22. The first-order valence-corrected chi connectivity index (χ1v) is 5.24. The predicted octanol–water partition coefficient (Wildman–Crippen LogP) is 1.52. The van der Waals surface area contributed by atoms with Crippen LogP contribution in [0.25, 0.3) is 0 Å². The molecule has 0 atom stereocenters. The fraction of sp³-hybridized carbons (Fsp3) is 0.455. The lowest BCUT2D eigenvalue weighted by Gasteiger charge is -2.25. The molecule has 15 heavy (non-hydrogen) atoms. The van der Waals surface area contributed by atoms with Gasteiger partial charge in [-0.15, -0.1) is 0 Å². The Kier molecular flexibility index (Phi) is 1.87. The summed E-state index contributed by atoms with van der Waals surface area (Å²) in [5.74, 6) is 1.34. The normalized spacial score (nSPS) is 17.9. The number of fused-ring (bicyclic) bond motifs is 2. The molecule has 0 aliphatic carbocycles. The zero-order chi connectivity index (χ0) is 10.3. The average Bonchev–Trinajstić information content (AvgIpc) is 2.30. The summed E-state index contributed by atoms with van der Waals surface area (Å²) in [5, 5.41) is 13.2. The zero-order valence-corrected chi connectivity index (χ0v) is 8.38. The molecule has 80 valence electrons. The van der Waals surface area contributed by atoms with Gasteiger partial charge in [-0.25, -0.2) is 0 Å². The molecule has 0 bridgehead atoms. The van der Waals surface area contributed by atoms with E-state index in [1.54, 1.807) is 0 Å². The van der Waals surface area contributed by atoms with Gasteiger partial charge in [-0.05, 0) is 24.5 Å². The van der Waals surface area contributed by atoms with Crippen molar-refractivity contribution in [3.05, 3.63) is 11.6 Å². The molecule has 4 heteroatoms. The number of anilines is 1. The molecule has 2 aliphatic rings. The highest BCUT2D eigenvalue weighted by atomic mass is 16.6. The second-order valence-corrected chi connectivity index (χ2v) is 3.81. The first-order chi connectivity index (χ1) is 7.36. The fourth-order valence-corrected chi connectivity index (χ4v) is 2.11. The van der Waals surface area contributed by atoms with E-state index in [4.69, 9.17) is 9.47 Å². The molecule has 0 aromatic heterocycles. The van der Waals surface area contributed by atoms with Crippen LogP contribution in [0.3, 0.4) is 0 Å². The quantitative estimate of drug-likeness (QED) is 0.633. The minimum atomic E-state index is 0.196. The number of benzene rings is 1. The number of ether oxygens (including phenoxy) is 2. The van der Waals surface area contributed by atoms with Gasteiger partial charge in [-0.2, -0.15) is 0 Å². The van der Waals surface area contributed by atoms with Crippen LogP contribution in [0.5, 0.6) is 17.2 Å². The monoisotopic (exact) mass is 207 g/mol. The van der Waals surface area contributed by atoms with Gasteiger partial charge in [-0.1, -0.05) is 0 Å². The van der Waals surface area contributed by atoms with Crippen molar-refractivity contribution in [1.82, 2.24) is 0 Å². The Bertz CT molecular complexity index is 369. The topological polar surface area (TPSA) is 50.7 Å². The Labute approximate surface area is 87.8 Å². The lowest BCUT2D eigenvalue weighted by molar-refractivity contribution is 0.165. The van der Waals surface area contributed by atoms with E-state index in [1.807, 2.05) is 6.07 Å². The molecular weight excluding hydrogens is 194 g/mol. The summed E-state index contributed by atoms with van der Waals surface area (Å²) < 4.78 is 10.9. The molecule has 0 saturated heterocycles. The van der Waals surface area contributed by atoms with Crippen LogP contribution in [0.4, 0.5) is 5.69 Å². The van der Waals surface area contributed by atoms with Gasteiger partial charge in [0.1, 0.15) is 13.2 Å². The maximum Gasteiger partial charge on any atom is 0.205 e. The van der Waals surface area contributed by atoms with Gasteiger partial charge in [0.2, 0.25) is 5.75 Å². The van der Waals surface area contributed by atoms with Crippen molar-refractivity contribution >= 4 is 5.69 Å². The number of hydrogen-bond donors (Lipinski definition) is 2. The molecule has 0 fully saturated rings. The Morgan fingerprint density at radius 3 is 3.07 bits per heavy atom. The number of aromatic hydroxyl groups is 1. The number of phenols is 1. The van der Waals surface area contributed by atoms with E-state index in [9.17, 15) is 5.11 Å². The lowest BCUT2D eigenvalue weighted by atomic mass is 10.0. The minimum absolute atomic E-state index is 0.196. The highest BCUT2D eigenvalue weighted by Crippen LogP contribution is 2.47. The standard InChI is InChI=1S/C11H13NO3/c13-10-9-7(2-1-3-12-9)6-8-11(10)15-5-4-14-8/h6,12-13H,1-5H2. The molecule has 2 N–H and O–H groups in total. The fourth-order valence-electron chi connectivity index (χ4n) is 2.11. The maximum absolute atomic E-state index is 10.0. The highest BCUT2D eigenvalue weighted by molar-refractivity contribution is 5.72. The van der Waals surface area contributed by atoms with Gasteiger partial charge in [0.05, 0.1) is 5.69 Å². The lowest BCUT2D eigenvalue weighted by Crippen LogP contribution is -2.18. The van der Waals surface area contributed by atoms with Crippen molar-refractivity contribution in [1.29, 1.82) is 0 Å². The van der Waals surface area contributed by atoms with Crippen LogP contribution in [0.1, 0.15) is 12.0 Å². The summed E-state index contributed by atoms with van der Waals surface area (Å²) >= 11 is 0. The van der Waals surface area contributed by atoms with Crippen molar-refractivity contribution in [3.8, 4) is 17.2 Å². The SMILES string of the molecule is Oc1c2c(cc3c1OCCO3)CCCN2. The van der Waals surface area contributed by atoms with Gasteiger partial charge in [-0.3, -0.25) is 0 Å². The van der Waals surface area contributed by atoms with Crippen LogP contribution >= 0.6 is 0 Å². The average molecular weight is 207 g/mol. The highest BCUT2D eigenvalue weighted by Gasteiger charge is 2.23. The Hall–Kier alpha value is -1.58. The second-order valence-electron chi connectivity index (χ2n) is 3.81. The number of rotatable bonds is 0. The molecular formula is C11H13NO3. The van der Waals surface area contributed by atoms with Crippen LogP contribution in [0.15, 0.2) is 6.07 Å². The van der Waals surface area contributed by atoms with E-state index in [1.165, 1.54) is 0 Å². The van der Waals surface area contributed by atoms with E-state index in [0.717, 1.165) is 30.6 Å². The molecule has 0 amide bonds. The molecule has 4 nitrogen and oxygen atoms in total. The number of nitrogens with one attached hydrogen (secondary N) is 1. The molecule has 0 radical (unpaired) electrons. The van der Waals surface area contributed by atoms with Crippen LogP contribution < -0.4 is 14.8 Å². The van der Waals surface area contributed by atoms with E-state index in [0.29, 0.717) is 24.7 Å². The first-order valence-electron chi connectivity index (χ1n) is 5.24. The zero-order valence-electron chi connectivity index (χ0n) is 8.38. The third-order valence-corrected chi connectivity index (χ3v) is 2.81. The van der Waals surface area contributed by atoms with Gasteiger partial charge in [0.25, 0.3) is 0 Å². The van der Waals surface area contributed by atoms with Crippen molar-refractivity contribution in [2.75, 3.05) is 25.1 Å². The first kappa shape index (κ1) is 8.71. The van der Waals surface area contributed by atoms with Crippen LogP contribution in [0.2, 0.25) is 0 Å². The Morgan fingerprint density at radius 1 is 1.27 bits per heavy atom. The van der Waals surface area contributed by atoms with E-state index in [-0.39, 0.29) is 5.75 Å². The van der Waals surface area contributed by atoms with Crippen LogP contribution in [-0.4, -0.2) is 24.9 Å². The minimum Gasteiger partial charge on any atom is -0.503 e. The molecule has 1 aromatic carbocycles. The molecule has 2 aliphatic heterocycles. The van der Waals surface area contributed by atoms with Crippen LogP contribution in [0, 0.1) is 0 Å². The Balaban J connectivity index is 2.16. The summed E-state index contributed by atoms with van der Waals surface area (Å²) in [6.07, 6.45) is 2.07. The Morgan fingerprint density at radius 2 is 2.13 bits per heavy atom. The predicted molar refractivity (Wildman–Crippen MR) is 55.9 cm³/mol. The third kappa shape index (κ3) is 1.28. The smallest absolute Gasteiger partial charge is 0.205 e. The van der Waals surface area contributed by atoms with Crippen molar-refractivity contribution in [2.24, 2.45) is 0 Å². The molecule has 0 saturated carbocycles. The third-order valence-electron chi connectivity index (χ3n) is 2.81. The van der Waals surface area contributed by atoms with Gasteiger partial charge in [0, 0.05) is 6.54 Å². The van der Waals surface area contributed by atoms with Gasteiger partial charge >= 0.3 is 0 Å². The molecule has 0 spiro atoms. The van der Waals surface area contributed by atoms with Crippen molar-refractivity contribution in [2.45, 2.75) is 12.8 Å². The van der Waals surface area contributed by atoms with Crippen molar-refractivity contribution < 1.29 is 14.6 Å². The number of hydrogen-bond acceptors (Lipinski definition) is 4. The number of phenolic OH excluding ortho intramolecular Hbond substituents is 1. The van der Waals surface area contributed by atoms with Gasteiger partial charge in [0.15, 0.2) is 11.5 Å². The molecule has 1 aromatic rings. The van der Waals surface area contributed by atoms with E-state index >= 15 is 0 Å².